The normalized spacial score (nSPS) is 17.0. The summed E-state index contributed by atoms with van der Waals surface area (Å²) in [6, 6.07) is 7.24. The molecule has 0 radical (unpaired) electrons. The first-order valence-corrected chi connectivity index (χ1v) is 8.36. The third-order valence-corrected chi connectivity index (χ3v) is 4.73. The van der Waals surface area contributed by atoms with Crippen LogP contribution in [-0.4, -0.2) is 39.0 Å². The number of nitrogens with zero attached hydrogens (tertiary/aromatic N) is 4. The van der Waals surface area contributed by atoms with Crippen LogP contribution >= 0.6 is 11.6 Å². The Morgan fingerprint density at radius 1 is 1.24 bits per heavy atom. The molecule has 4 rings (SSSR count). The number of amides is 1. The molecule has 0 bridgehead atoms. The smallest absolute Gasteiger partial charge is 0.259 e. The van der Waals surface area contributed by atoms with Crippen LogP contribution in [0.25, 0.3) is 11.3 Å². The highest BCUT2D eigenvalue weighted by Crippen LogP contribution is 2.32. The number of hydrogen-bond acceptors (Lipinski definition) is 5. The van der Waals surface area contributed by atoms with Gasteiger partial charge in [-0.3, -0.25) is 14.8 Å². The van der Waals surface area contributed by atoms with Gasteiger partial charge in [-0.25, -0.2) is 0 Å². The lowest BCUT2D eigenvalue weighted by Gasteiger charge is -2.16. The molecule has 7 heteroatoms. The van der Waals surface area contributed by atoms with E-state index in [4.69, 9.17) is 16.1 Å². The Balaban J connectivity index is 1.57. The maximum atomic E-state index is 12.9. The Morgan fingerprint density at radius 3 is 2.92 bits per heavy atom. The van der Waals surface area contributed by atoms with Gasteiger partial charge in [-0.15, -0.1) is 0 Å². The molecule has 0 aliphatic carbocycles. The minimum absolute atomic E-state index is 0.109. The van der Waals surface area contributed by atoms with Gasteiger partial charge in [0.2, 0.25) is 0 Å². The highest BCUT2D eigenvalue weighted by Gasteiger charge is 2.31. The van der Waals surface area contributed by atoms with Crippen LogP contribution in [-0.2, 0) is 0 Å². The average Bonchev–Trinajstić information content (AvgIpc) is 3.32. The average molecular weight is 355 g/mol. The minimum atomic E-state index is -0.109. The number of aromatic nitrogens is 3. The molecule has 1 fully saturated rings. The third-order valence-electron chi connectivity index (χ3n) is 4.40. The Morgan fingerprint density at radius 2 is 2.12 bits per heavy atom. The molecule has 0 N–H and O–H groups in total. The van der Waals surface area contributed by atoms with E-state index in [1.165, 1.54) is 6.20 Å². The second kappa shape index (κ2) is 6.64. The van der Waals surface area contributed by atoms with E-state index < -0.39 is 0 Å². The molecular weight excluding hydrogens is 340 g/mol. The van der Waals surface area contributed by atoms with Crippen LogP contribution in [0.15, 0.2) is 53.6 Å². The molecule has 1 unspecified atom stereocenters. The summed E-state index contributed by atoms with van der Waals surface area (Å²) in [5, 5.41) is 4.33. The van der Waals surface area contributed by atoms with Crippen LogP contribution < -0.4 is 0 Å². The van der Waals surface area contributed by atoms with E-state index in [1.54, 1.807) is 29.6 Å². The number of rotatable bonds is 3. The molecule has 0 saturated carbocycles. The second-order valence-electron chi connectivity index (χ2n) is 5.92. The zero-order valence-electron chi connectivity index (χ0n) is 13.3. The van der Waals surface area contributed by atoms with E-state index >= 15 is 0 Å². The van der Waals surface area contributed by atoms with E-state index in [0.29, 0.717) is 35.0 Å². The van der Waals surface area contributed by atoms with Crippen molar-refractivity contribution >= 4 is 17.5 Å². The van der Waals surface area contributed by atoms with Gasteiger partial charge in [-0.2, -0.15) is 0 Å². The first-order valence-electron chi connectivity index (χ1n) is 7.99. The van der Waals surface area contributed by atoms with E-state index in [1.807, 2.05) is 18.2 Å². The third kappa shape index (κ3) is 3.00. The molecule has 1 amide bonds. The Kier molecular flexibility index (Phi) is 4.19. The number of likely N-dealkylation sites (tertiary alicyclic amines) is 1. The predicted octanol–water partition coefficient (Wildman–Crippen LogP) is 3.41. The van der Waals surface area contributed by atoms with Crippen molar-refractivity contribution in [2.75, 3.05) is 13.1 Å². The summed E-state index contributed by atoms with van der Waals surface area (Å²) in [6.45, 7) is 1.26. The van der Waals surface area contributed by atoms with Gasteiger partial charge < -0.3 is 9.42 Å². The summed E-state index contributed by atoms with van der Waals surface area (Å²) in [7, 11) is 0. The van der Waals surface area contributed by atoms with E-state index in [-0.39, 0.29) is 11.8 Å². The maximum Gasteiger partial charge on any atom is 0.259 e. The largest absolute Gasteiger partial charge is 0.355 e. The lowest BCUT2D eigenvalue weighted by atomic mass is 10.1. The number of hydrogen-bond donors (Lipinski definition) is 0. The summed E-state index contributed by atoms with van der Waals surface area (Å²) in [5.41, 5.74) is 2.00. The lowest BCUT2D eigenvalue weighted by molar-refractivity contribution is 0.0791. The van der Waals surface area contributed by atoms with Gasteiger partial charge in [-0.1, -0.05) is 28.9 Å². The first kappa shape index (κ1) is 15.8. The van der Waals surface area contributed by atoms with Gasteiger partial charge in [-0.05, 0) is 18.6 Å². The van der Waals surface area contributed by atoms with Gasteiger partial charge in [0.1, 0.15) is 5.56 Å². The molecule has 2 aromatic heterocycles. The molecule has 3 aromatic rings. The summed E-state index contributed by atoms with van der Waals surface area (Å²) in [4.78, 5) is 23.2. The number of carbonyl (C=O) groups excluding carboxylic acids is 1. The molecular formula is C18H15ClN4O2. The van der Waals surface area contributed by atoms with Crippen LogP contribution in [0.2, 0.25) is 5.02 Å². The quantitative estimate of drug-likeness (QED) is 0.720. The maximum absolute atomic E-state index is 12.9. The molecule has 1 atom stereocenters. The number of benzene rings is 1. The van der Waals surface area contributed by atoms with Crippen molar-refractivity contribution in [3.63, 3.8) is 0 Å². The first-order chi connectivity index (χ1) is 12.2. The van der Waals surface area contributed by atoms with Crippen LogP contribution in [0, 0.1) is 0 Å². The van der Waals surface area contributed by atoms with E-state index in [9.17, 15) is 4.79 Å². The molecule has 0 spiro atoms. The topological polar surface area (TPSA) is 72.1 Å². The predicted molar refractivity (Wildman–Crippen MR) is 92.2 cm³/mol. The van der Waals surface area contributed by atoms with Gasteiger partial charge in [0, 0.05) is 43.2 Å². The van der Waals surface area contributed by atoms with Gasteiger partial charge in [0.25, 0.3) is 5.91 Å². The zero-order chi connectivity index (χ0) is 17.2. The Hall–Kier alpha value is -2.73. The van der Waals surface area contributed by atoms with Gasteiger partial charge in [0.15, 0.2) is 5.76 Å². The summed E-state index contributed by atoms with van der Waals surface area (Å²) < 4.78 is 5.32. The Bertz CT molecular complexity index is 897. The molecule has 6 nitrogen and oxygen atoms in total. The zero-order valence-corrected chi connectivity index (χ0v) is 14.1. The fourth-order valence-electron chi connectivity index (χ4n) is 3.11. The standard InChI is InChI=1S/C18H15ClN4O2/c19-15-4-2-1-3-13(15)17-14(9-22-25-17)18(24)23-8-5-12(11-23)16-10-20-6-7-21-16/h1-4,6-7,9-10,12H,5,8,11H2. The SMILES string of the molecule is O=C(c1cnoc1-c1ccccc1Cl)N1CCC(c2cnccn2)C1. The minimum Gasteiger partial charge on any atom is -0.355 e. The lowest BCUT2D eigenvalue weighted by Crippen LogP contribution is -2.28. The Labute approximate surface area is 149 Å². The number of carbonyl (C=O) groups is 1. The molecule has 3 heterocycles. The van der Waals surface area contributed by atoms with Crippen molar-refractivity contribution < 1.29 is 9.32 Å². The molecule has 1 aromatic carbocycles. The molecule has 1 aliphatic heterocycles. The van der Waals surface area contributed by atoms with Crippen molar-refractivity contribution in [3.8, 4) is 11.3 Å². The van der Waals surface area contributed by atoms with Crippen molar-refractivity contribution in [1.29, 1.82) is 0 Å². The van der Waals surface area contributed by atoms with Crippen molar-refractivity contribution in [1.82, 2.24) is 20.0 Å². The molecule has 1 aliphatic rings. The summed E-state index contributed by atoms with van der Waals surface area (Å²) in [5.74, 6) is 0.488. The monoisotopic (exact) mass is 354 g/mol. The van der Waals surface area contributed by atoms with Crippen molar-refractivity contribution in [3.05, 3.63) is 65.3 Å². The van der Waals surface area contributed by atoms with Crippen LogP contribution in [0.4, 0.5) is 0 Å². The summed E-state index contributed by atoms with van der Waals surface area (Å²) in [6.07, 6.45) is 7.39. The fraction of sp³-hybridized carbons (Fsp3) is 0.222. The summed E-state index contributed by atoms with van der Waals surface area (Å²) >= 11 is 6.23. The molecule has 1 saturated heterocycles. The molecule has 25 heavy (non-hydrogen) atoms. The second-order valence-corrected chi connectivity index (χ2v) is 6.32. The van der Waals surface area contributed by atoms with E-state index in [2.05, 4.69) is 15.1 Å². The van der Waals surface area contributed by atoms with Crippen LogP contribution in [0.3, 0.4) is 0 Å². The van der Waals surface area contributed by atoms with Gasteiger partial charge in [0.05, 0.1) is 16.9 Å². The van der Waals surface area contributed by atoms with Crippen molar-refractivity contribution in [2.45, 2.75) is 12.3 Å². The van der Waals surface area contributed by atoms with Gasteiger partial charge >= 0.3 is 0 Å². The van der Waals surface area contributed by atoms with E-state index in [0.717, 1.165) is 12.1 Å². The molecule has 126 valence electrons. The number of halogens is 1. The van der Waals surface area contributed by atoms with Crippen LogP contribution in [0.1, 0.15) is 28.4 Å². The highest BCUT2D eigenvalue weighted by molar-refractivity contribution is 6.33. The fourth-order valence-corrected chi connectivity index (χ4v) is 3.33. The highest BCUT2D eigenvalue weighted by atomic mass is 35.5. The van der Waals surface area contributed by atoms with Crippen molar-refractivity contribution in [2.24, 2.45) is 0 Å². The van der Waals surface area contributed by atoms with Crippen LogP contribution in [0.5, 0.6) is 0 Å².